The molecule has 1 aliphatic heterocycles. The van der Waals surface area contributed by atoms with Gasteiger partial charge in [0.15, 0.2) is 0 Å². The van der Waals surface area contributed by atoms with E-state index in [0.717, 1.165) is 27.9 Å². The number of benzene rings is 2. The van der Waals surface area contributed by atoms with Crippen molar-refractivity contribution in [3.05, 3.63) is 71.5 Å². The van der Waals surface area contributed by atoms with E-state index in [2.05, 4.69) is 15.1 Å². The van der Waals surface area contributed by atoms with Crippen molar-refractivity contribution in [3.8, 4) is 0 Å². The Kier molecular flexibility index (Phi) is 3.96. The van der Waals surface area contributed by atoms with Crippen molar-refractivity contribution in [1.82, 2.24) is 14.4 Å². The third-order valence-electron chi connectivity index (χ3n) is 4.56. The molecular weight excluding hydrogens is 348 g/mol. The number of nitrogens with zero attached hydrogens (tertiary/aromatic N) is 4. The molecule has 0 fully saturated rings. The molecular formula is C19H18N4O2S. The average molecular weight is 366 g/mol. The molecule has 1 atom stereocenters. The van der Waals surface area contributed by atoms with Crippen molar-refractivity contribution in [2.24, 2.45) is 5.10 Å². The summed E-state index contributed by atoms with van der Waals surface area (Å²) in [6.45, 7) is 2.00. The van der Waals surface area contributed by atoms with Gasteiger partial charge in [0.1, 0.15) is 0 Å². The minimum absolute atomic E-state index is 0.431. The van der Waals surface area contributed by atoms with Crippen LogP contribution in [0.2, 0.25) is 0 Å². The largest absolute Gasteiger partial charge is 0.253 e. The number of hydrogen-bond donors (Lipinski definition) is 0. The Morgan fingerprint density at radius 3 is 2.58 bits per heavy atom. The number of aromatic nitrogens is 2. The van der Waals surface area contributed by atoms with E-state index in [1.807, 2.05) is 49.4 Å². The first kappa shape index (κ1) is 16.7. The van der Waals surface area contributed by atoms with Crippen LogP contribution in [0.3, 0.4) is 0 Å². The minimum Gasteiger partial charge on any atom is -0.253 e. The fraction of sp³-hybridized carbons (Fsp3) is 0.211. The zero-order valence-electron chi connectivity index (χ0n) is 14.5. The average Bonchev–Trinajstić information content (AvgIpc) is 3.07. The van der Waals surface area contributed by atoms with Gasteiger partial charge in [-0.15, -0.1) is 0 Å². The Labute approximate surface area is 152 Å². The number of para-hydroxylation sites is 1. The van der Waals surface area contributed by atoms with E-state index in [4.69, 9.17) is 0 Å². The zero-order chi connectivity index (χ0) is 18.3. The van der Waals surface area contributed by atoms with Gasteiger partial charge in [-0.1, -0.05) is 36.4 Å². The minimum atomic E-state index is -3.52. The van der Waals surface area contributed by atoms with Crippen LogP contribution in [0.1, 0.15) is 29.2 Å². The van der Waals surface area contributed by atoms with Gasteiger partial charge in [0, 0.05) is 29.9 Å². The molecule has 0 radical (unpaired) electrons. The molecule has 0 bridgehead atoms. The van der Waals surface area contributed by atoms with Gasteiger partial charge < -0.3 is 0 Å². The Morgan fingerprint density at radius 1 is 1.04 bits per heavy atom. The fourth-order valence-electron chi connectivity index (χ4n) is 3.37. The molecule has 0 amide bonds. The highest BCUT2D eigenvalue weighted by Crippen LogP contribution is 2.37. The molecule has 3 aromatic rings. The molecule has 6 nitrogen and oxygen atoms in total. The maximum Gasteiger partial charge on any atom is 0.247 e. The monoisotopic (exact) mass is 366 g/mol. The number of aryl methyl sites for hydroxylation is 1. The molecule has 2 aromatic carbocycles. The molecule has 7 heteroatoms. The number of rotatable bonds is 3. The van der Waals surface area contributed by atoms with E-state index in [1.54, 1.807) is 12.4 Å². The smallest absolute Gasteiger partial charge is 0.247 e. The number of sulfonamides is 1. The summed E-state index contributed by atoms with van der Waals surface area (Å²) < 4.78 is 26.0. The van der Waals surface area contributed by atoms with Crippen LogP contribution in [0.25, 0.3) is 11.0 Å². The maximum atomic E-state index is 12.4. The lowest BCUT2D eigenvalue weighted by Gasteiger charge is -2.22. The van der Waals surface area contributed by atoms with E-state index >= 15 is 0 Å². The molecule has 0 spiro atoms. The molecule has 0 N–H and O–H groups in total. The van der Waals surface area contributed by atoms with Crippen LogP contribution in [-0.4, -0.2) is 34.8 Å². The van der Waals surface area contributed by atoms with Gasteiger partial charge in [-0.3, -0.25) is 9.97 Å². The summed E-state index contributed by atoms with van der Waals surface area (Å²) in [5.74, 6) is 0. The predicted molar refractivity (Wildman–Crippen MR) is 101 cm³/mol. The Bertz CT molecular complexity index is 1120. The van der Waals surface area contributed by atoms with Crippen LogP contribution in [-0.2, 0) is 10.0 Å². The Morgan fingerprint density at radius 2 is 1.81 bits per heavy atom. The van der Waals surface area contributed by atoms with Crippen molar-refractivity contribution in [2.75, 3.05) is 6.26 Å². The van der Waals surface area contributed by atoms with Gasteiger partial charge in [0.2, 0.25) is 10.0 Å². The summed E-state index contributed by atoms with van der Waals surface area (Å²) in [4.78, 5) is 8.75. The molecule has 0 saturated carbocycles. The second-order valence-corrected chi connectivity index (χ2v) is 8.23. The van der Waals surface area contributed by atoms with Crippen LogP contribution in [0.15, 0.2) is 60.0 Å². The zero-order valence-corrected chi connectivity index (χ0v) is 15.3. The normalized spacial score (nSPS) is 17.5. The molecule has 0 unspecified atom stereocenters. The van der Waals surface area contributed by atoms with Gasteiger partial charge in [-0.05, 0) is 18.6 Å². The molecule has 0 aliphatic carbocycles. The summed E-state index contributed by atoms with van der Waals surface area (Å²) in [6.07, 6.45) is 4.92. The quantitative estimate of drug-likeness (QED) is 0.714. The third-order valence-corrected chi connectivity index (χ3v) is 5.57. The van der Waals surface area contributed by atoms with Crippen molar-refractivity contribution < 1.29 is 8.42 Å². The van der Waals surface area contributed by atoms with E-state index < -0.39 is 16.1 Å². The summed E-state index contributed by atoms with van der Waals surface area (Å²) in [5.41, 5.74) is 5.05. The lowest BCUT2D eigenvalue weighted by atomic mass is 9.96. The van der Waals surface area contributed by atoms with E-state index in [0.29, 0.717) is 11.9 Å². The molecule has 0 saturated heterocycles. The first-order valence-corrected chi connectivity index (χ1v) is 10.1. The van der Waals surface area contributed by atoms with Crippen molar-refractivity contribution in [2.45, 2.75) is 19.4 Å². The second-order valence-electron chi connectivity index (χ2n) is 6.39. The predicted octanol–water partition coefficient (Wildman–Crippen LogP) is 3.05. The Hall–Kier alpha value is -2.80. The lowest BCUT2D eigenvalue weighted by Crippen LogP contribution is -2.26. The van der Waals surface area contributed by atoms with E-state index in [9.17, 15) is 8.42 Å². The molecule has 4 rings (SSSR count). The van der Waals surface area contributed by atoms with E-state index in [1.165, 1.54) is 10.7 Å². The second kappa shape index (κ2) is 6.17. The summed E-state index contributed by atoms with van der Waals surface area (Å²) in [7, 11) is -3.52. The molecule has 26 heavy (non-hydrogen) atoms. The molecule has 1 aliphatic rings. The van der Waals surface area contributed by atoms with Gasteiger partial charge >= 0.3 is 0 Å². The number of fused-ring (bicyclic) bond motifs is 1. The molecule has 132 valence electrons. The topological polar surface area (TPSA) is 75.5 Å². The van der Waals surface area contributed by atoms with Crippen LogP contribution < -0.4 is 0 Å². The van der Waals surface area contributed by atoms with Crippen LogP contribution in [0.4, 0.5) is 0 Å². The van der Waals surface area contributed by atoms with Gasteiger partial charge in [0.25, 0.3) is 0 Å². The van der Waals surface area contributed by atoms with Gasteiger partial charge in [0.05, 0.1) is 29.0 Å². The summed E-state index contributed by atoms with van der Waals surface area (Å²) in [6, 6.07) is 13.1. The highest BCUT2D eigenvalue weighted by Gasteiger charge is 2.36. The van der Waals surface area contributed by atoms with Crippen molar-refractivity contribution >= 4 is 26.8 Å². The molecule has 2 heterocycles. The van der Waals surface area contributed by atoms with Crippen LogP contribution >= 0.6 is 0 Å². The lowest BCUT2D eigenvalue weighted by molar-refractivity contribution is 0.376. The van der Waals surface area contributed by atoms with Crippen molar-refractivity contribution in [1.29, 1.82) is 0 Å². The number of hydrogen-bond acceptors (Lipinski definition) is 5. The van der Waals surface area contributed by atoms with Crippen molar-refractivity contribution in [3.63, 3.8) is 0 Å². The Balaban J connectivity index is 1.85. The van der Waals surface area contributed by atoms with Crippen LogP contribution in [0, 0.1) is 6.92 Å². The standard InChI is InChI=1S/C19H18N4O2S/c1-13-6-3-4-7-14(13)17-12-18(23(22-17)26(2,24)25)15-8-5-9-16-19(15)21-11-10-20-16/h3-11,18H,12H2,1-2H3/t18-/m1/s1. The summed E-state index contributed by atoms with van der Waals surface area (Å²) in [5, 5.41) is 4.47. The first-order chi connectivity index (χ1) is 12.4. The summed E-state index contributed by atoms with van der Waals surface area (Å²) >= 11 is 0. The van der Waals surface area contributed by atoms with E-state index in [-0.39, 0.29) is 0 Å². The highest BCUT2D eigenvalue weighted by molar-refractivity contribution is 7.88. The fourth-order valence-corrected chi connectivity index (χ4v) is 4.27. The number of hydrazone groups is 1. The van der Waals surface area contributed by atoms with Gasteiger partial charge in [-0.2, -0.15) is 9.52 Å². The molecule has 1 aromatic heterocycles. The highest BCUT2D eigenvalue weighted by atomic mass is 32.2. The van der Waals surface area contributed by atoms with Crippen LogP contribution in [0.5, 0.6) is 0 Å². The maximum absolute atomic E-state index is 12.4. The SMILES string of the molecule is Cc1ccccc1C1=NN(S(C)(=O)=O)[C@@H](c2cccc3nccnc23)C1. The third kappa shape index (κ3) is 2.84. The van der Waals surface area contributed by atoms with Gasteiger partial charge in [-0.25, -0.2) is 8.42 Å². The first-order valence-electron chi connectivity index (χ1n) is 8.27.